The molecule has 6 heteroatoms. The van der Waals surface area contributed by atoms with Gasteiger partial charge in [-0.05, 0) is 37.4 Å². The molecule has 0 saturated heterocycles. The van der Waals surface area contributed by atoms with Gasteiger partial charge in [-0.1, -0.05) is 60.7 Å². The molecule has 0 bridgehead atoms. The Morgan fingerprint density at radius 2 is 1.48 bits per heavy atom. The van der Waals surface area contributed by atoms with Crippen LogP contribution in [0.4, 0.5) is 0 Å². The molecule has 6 nitrogen and oxygen atoms in total. The summed E-state index contributed by atoms with van der Waals surface area (Å²) in [6.07, 6.45) is 3.33. The number of aliphatic carboxylic acids is 2. The van der Waals surface area contributed by atoms with Crippen LogP contribution >= 0.6 is 0 Å². The number of benzene rings is 2. The van der Waals surface area contributed by atoms with Crippen LogP contribution in [-0.2, 0) is 20.7 Å². The maximum Gasteiger partial charge on any atom is 0.328 e. The van der Waals surface area contributed by atoms with Crippen LogP contribution in [0, 0.1) is 0 Å². The minimum atomic E-state index is -1.26. The van der Waals surface area contributed by atoms with Gasteiger partial charge < -0.3 is 20.3 Å². The summed E-state index contributed by atoms with van der Waals surface area (Å²) in [4.78, 5) is 19.1. The van der Waals surface area contributed by atoms with E-state index in [1.807, 2.05) is 6.07 Å². The van der Waals surface area contributed by atoms with Gasteiger partial charge in [0.1, 0.15) is 0 Å². The summed E-state index contributed by atoms with van der Waals surface area (Å²) in [7, 11) is 1.78. The Hall–Kier alpha value is -2.96. The molecule has 0 amide bonds. The number of rotatable bonds is 10. The van der Waals surface area contributed by atoms with E-state index in [1.165, 1.54) is 11.1 Å². The highest BCUT2D eigenvalue weighted by atomic mass is 16.5. The fourth-order valence-electron chi connectivity index (χ4n) is 2.73. The second kappa shape index (κ2) is 14.1. The minimum Gasteiger partial charge on any atom is -0.478 e. The standard InChI is InChI=1S/C19H25NO.C4H4O4/c1-16(15-17-9-5-3-6-10-17)20-14-13-19(21-2)18-11-7-4-8-12-18;5-3(6)1-2-4(7)8/h3-12,16,19-20H,13-15H2,1-2H3;1-2H,(H,5,6)(H,7,8)/b;2-1+. The largest absolute Gasteiger partial charge is 0.478 e. The molecule has 2 aromatic rings. The second-order valence-corrected chi connectivity index (χ2v) is 6.48. The van der Waals surface area contributed by atoms with E-state index in [0.29, 0.717) is 18.2 Å². The maximum absolute atomic E-state index is 9.55. The van der Waals surface area contributed by atoms with Crippen LogP contribution in [0.1, 0.15) is 30.6 Å². The number of methoxy groups -OCH3 is 1. The van der Waals surface area contributed by atoms with Gasteiger partial charge in [0.05, 0.1) is 6.10 Å². The van der Waals surface area contributed by atoms with Gasteiger partial charge in [-0.2, -0.15) is 0 Å². The maximum atomic E-state index is 9.55. The molecule has 2 atom stereocenters. The van der Waals surface area contributed by atoms with E-state index in [0.717, 1.165) is 19.4 Å². The number of nitrogens with one attached hydrogen (secondary N) is 1. The summed E-state index contributed by atoms with van der Waals surface area (Å²) >= 11 is 0. The molecule has 0 radical (unpaired) electrons. The van der Waals surface area contributed by atoms with Gasteiger partial charge in [-0.3, -0.25) is 0 Å². The topological polar surface area (TPSA) is 95.9 Å². The summed E-state index contributed by atoms with van der Waals surface area (Å²) in [5.74, 6) is -2.51. The molecule has 0 aromatic heterocycles. The average Bonchev–Trinajstić information content (AvgIpc) is 2.71. The molecule has 0 aliphatic carbocycles. The lowest BCUT2D eigenvalue weighted by atomic mass is 10.1. The summed E-state index contributed by atoms with van der Waals surface area (Å²) in [6, 6.07) is 21.5. The Morgan fingerprint density at radius 1 is 0.966 bits per heavy atom. The molecule has 29 heavy (non-hydrogen) atoms. The smallest absolute Gasteiger partial charge is 0.328 e. The van der Waals surface area contributed by atoms with Crippen molar-refractivity contribution in [3.8, 4) is 0 Å². The monoisotopic (exact) mass is 399 g/mol. The predicted octanol–water partition coefficient (Wildman–Crippen LogP) is 3.70. The van der Waals surface area contributed by atoms with Crippen LogP contribution in [-0.4, -0.2) is 41.8 Å². The molecular weight excluding hydrogens is 370 g/mol. The van der Waals surface area contributed by atoms with Gasteiger partial charge in [0, 0.05) is 25.3 Å². The minimum absolute atomic E-state index is 0.169. The molecule has 0 heterocycles. The Labute approximate surface area is 171 Å². The number of hydrogen-bond donors (Lipinski definition) is 3. The predicted molar refractivity (Wildman–Crippen MR) is 113 cm³/mol. The fraction of sp³-hybridized carbons (Fsp3) is 0.304. The highest BCUT2D eigenvalue weighted by Gasteiger charge is 2.10. The van der Waals surface area contributed by atoms with E-state index >= 15 is 0 Å². The number of hydrogen-bond acceptors (Lipinski definition) is 4. The van der Waals surface area contributed by atoms with Gasteiger partial charge in [0.25, 0.3) is 0 Å². The van der Waals surface area contributed by atoms with Crippen LogP contribution < -0.4 is 5.32 Å². The lowest BCUT2D eigenvalue weighted by Crippen LogP contribution is -2.30. The third-order valence-corrected chi connectivity index (χ3v) is 4.11. The molecule has 3 N–H and O–H groups in total. The zero-order valence-corrected chi connectivity index (χ0v) is 16.8. The summed E-state index contributed by atoms with van der Waals surface area (Å²) in [5.41, 5.74) is 2.63. The van der Waals surface area contributed by atoms with E-state index < -0.39 is 11.9 Å². The number of carbonyl (C=O) groups is 2. The first-order valence-electron chi connectivity index (χ1n) is 9.41. The lowest BCUT2D eigenvalue weighted by molar-refractivity contribution is -0.134. The Balaban J connectivity index is 0.000000447. The van der Waals surface area contributed by atoms with Crippen molar-refractivity contribution < 1.29 is 24.5 Å². The molecule has 2 unspecified atom stereocenters. The molecule has 0 aliphatic heterocycles. The molecule has 0 fully saturated rings. The SMILES string of the molecule is COC(CCNC(C)Cc1ccccc1)c1ccccc1.O=C(O)/C=C/C(=O)O. The third kappa shape index (κ3) is 11.5. The van der Waals surface area contributed by atoms with E-state index in [2.05, 4.69) is 66.8 Å². The normalized spacial score (nSPS) is 12.6. The van der Waals surface area contributed by atoms with Gasteiger partial charge in [-0.15, -0.1) is 0 Å². The van der Waals surface area contributed by atoms with Gasteiger partial charge >= 0.3 is 11.9 Å². The molecule has 2 rings (SSSR count). The Kier molecular flexibility index (Phi) is 11.7. The highest BCUT2D eigenvalue weighted by Crippen LogP contribution is 2.19. The Morgan fingerprint density at radius 3 is 1.97 bits per heavy atom. The summed E-state index contributed by atoms with van der Waals surface area (Å²) < 4.78 is 5.60. The lowest BCUT2D eigenvalue weighted by Gasteiger charge is -2.18. The van der Waals surface area contributed by atoms with Crippen molar-refractivity contribution in [2.45, 2.75) is 31.9 Å². The van der Waals surface area contributed by atoms with Crippen LogP contribution in [0.25, 0.3) is 0 Å². The zero-order valence-electron chi connectivity index (χ0n) is 16.8. The van der Waals surface area contributed by atoms with Crippen molar-refractivity contribution >= 4 is 11.9 Å². The van der Waals surface area contributed by atoms with Crippen molar-refractivity contribution in [3.05, 3.63) is 83.9 Å². The number of ether oxygens (including phenoxy) is 1. The van der Waals surface area contributed by atoms with Crippen LogP contribution in [0.2, 0.25) is 0 Å². The number of carboxylic acid groups (broad SMARTS) is 2. The highest BCUT2D eigenvalue weighted by molar-refractivity contribution is 5.89. The van der Waals surface area contributed by atoms with Crippen molar-refractivity contribution in [1.82, 2.24) is 5.32 Å². The third-order valence-electron chi connectivity index (χ3n) is 4.11. The van der Waals surface area contributed by atoms with Crippen molar-refractivity contribution in [1.29, 1.82) is 0 Å². The van der Waals surface area contributed by atoms with Gasteiger partial charge in [0.2, 0.25) is 0 Å². The average molecular weight is 399 g/mol. The van der Waals surface area contributed by atoms with Crippen molar-refractivity contribution in [2.24, 2.45) is 0 Å². The summed E-state index contributed by atoms with van der Waals surface area (Å²) in [5, 5.41) is 19.2. The van der Waals surface area contributed by atoms with Crippen LogP contribution in [0.3, 0.4) is 0 Å². The molecule has 156 valence electrons. The molecule has 0 spiro atoms. The Bertz CT molecular complexity index is 730. The van der Waals surface area contributed by atoms with E-state index in [4.69, 9.17) is 14.9 Å². The van der Waals surface area contributed by atoms with Gasteiger partial charge in [0.15, 0.2) is 0 Å². The fourth-order valence-corrected chi connectivity index (χ4v) is 2.73. The molecule has 2 aromatic carbocycles. The van der Waals surface area contributed by atoms with Gasteiger partial charge in [-0.25, -0.2) is 9.59 Å². The van der Waals surface area contributed by atoms with Crippen LogP contribution in [0.15, 0.2) is 72.8 Å². The zero-order chi connectivity index (χ0) is 21.5. The molecule has 0 aliphatic rings. The van der Waals surface area contributed by atoms with E-state index in [-0.39, 0.29) is 6.10 Å². The van der Waals surface area contributed by atoms with E-state index in [9.17, 15) is 9.59 Å². The molecular formula is C23H29NO5. The summed E-state index contributed by atoms with van der Waals surface area (Å²) in [6.45, 7) is 3.19. The van der Waals surface area contributed by atoms with E-state index in [1.54, 1.807) is 7.11 Å². The number of carboxylic acids is 2. The first kappa shape index (κ1) is 24.1. The molecule has 0 saturated carbocycles. The quantitative estimate of drug-likeness (QED) is 0.527. The first-order valence-corrected chi connectivity index (χ1v) is 9.41. The first-order chi connectivity index (χ1) is 13.9. The second-order valence-electron chi connectivity index (χ2n) is 6.48. The van der Waals surface area contributed by atoms with Crippen molar-refractivity contribution in [2.75, 3.05) is 13.7 Å². The van der Waals surface area contributed by atoms with Crippen LogP contribution in [0.5, 0.6) is 0 Å². The van der Waals surface area contributed by atoms with Crippen molar-refractivity contribution in [3.63, 3.8) is 0 Å².